The van der Waals surface area contributed by atoms with Gasteiger partial charge in [0.15, 0.2) is 5.78 Å². The number of aromatic amines is 1. The van der Waals surface area contributed by atoms with Crippen molar-refractivity contribution in [2.24, 2.45) is 0 Å². The van der Waals surface area contributed by atoms with Gasteiger partial charge in [0.25, 0.3) is 0 Å². The summed E-state index contributed by atoms with van der Waals surface area (Å²) >= 11 is 8.28. The van der Waals surface area contributed by atoms with Crippen molar-refractivity contribution in [2.45, 2.75) is 0 Å². The summed E-state index contributed by atoms with van der Waals surface area (Å²) in [4.78, 5) is 19.7. The summed E-state index contributed by atoms with van der Waals surface area (Å²) in [7, 11) is 0. The Hall–Kier alpha value is -0.980. The van der Waals surface area contributed by atoms with Crippen molar-refractivity contribution in [1.82, 2.24) is 9.97 Å². The van der Waals surface area contributed by atoms with Gasteiger partial charge in [0.1, 0.15) is 5.65 Å². The van der Waals surface area contributed by atoms with Crippen LogP contribution < -0.4 is 0 Å². The zero-order valence-electron chi connectivity index (χ0n) is 8.91. The predicted octanol–water partition coefficient (Wildman–Crippen LogP) is 4.38. The fraction of sp³-hybridized carbons (Fsp3) is 0. The van der Waals surface area contributed by atoms with Crippen molar-refractivity contribution in [3.05, 3.63) is 49.3 Å². The summed E-state index contributed by atoms with van der Waals surface area (Å²) in [6.45, 7) is 0. The Kier molecular flexibility index (Phi) is 3.09. The zero-order chi connectivity index (χ0) is 12.7. The lowest BCUT2D eigenvalue weighted by molar-refractivity contribution is 0.104. The van der Waals surface area contributed by atoms with Crippen LogP contribution in [0.3, 0.4) is 0 Å². The first-order valence-electron chi connectivity index (χ1n) is 5.08. The number of rotatable bonds is 2. The van der Waals surface area contributed by atoms with Crippen molar-refractivity contribution >= 4 is 60.0 Å². The number of thiophene rings is 1. The summed E-state index contributed by atoms with van der Waals surface area (Å²) in [6, 6.07) is 5.54. The molecule has 0 amide bonds. The minimum atomic E-state index is -0.0110. The minimum absolute atomic E-state index is 0.0110. The molecule has 3 nitrogen and oxygen atoms in total. The van der Waals surface area contributed by atoms with Gasteiger partial charge in [-0.05, 0) is 50.1 Å². The molecule has 0 bridgehead atoms. The van der Waals surface area contributed by atoms with E-state index < -0.39 is 0 Å². The smallest absolute Gasteiger partial charge is 0.197 e. The van der Waals surface area contributed by atoms with E-state index in [0.717, 1.165) is 18.6 Å². The first-order chi connectivity index (χ1) is 8.66. The van der Waals surface area contributed by atoms with E-state index in [-0.39, 0.29) is 5.78 Å². The lowest BCUT2D eigenvalue weighted by atomic mass is 10.1. The highest BCUT2D eigenvalue weighted by Gasteiger charge is 2.18. The number of carbonyl (C=O) groups excluding carboxylic acids is 1. The summed E-state index contributed by atoms with van der Waals surface area (Å²) in [5.41, 5.74) is 2.03. The SMILES string of the molecule is O=C(c1cc(Br)sc1Br)c1c[nH]c2ncccc12. The van der Waals surface area contributed by atoms with E-state index in [1.807, 2.05) is 18.2 Å². The molecule has 6 heteroatoms. The van der Waals surface area contributed by atoms with Crippen LogP contribution in [-0.2, 0) is 0 Å². The fourth-order valence-corrected chi connectivity index (χ4v) is 4.58. The Morgan fingerprint density at radius 3 is 2.89 bits per heavy atom. The Morgan fingerprint density at radius 1 is 1.33 bits per heavy atom. The van der Waals surface area contributed by atoms with Gasteiger partial charge < -0.3 is 4.98 Å². The Morgan fingerprint density at radius 2 is 2.17 bits per heavy atom. The molecule has 0 radical (unpaired) electrons. The number of aromatic nitrogens is 2. The van der Waals surface area contributed by atoms with Crippen molar-refractivity contribution < 1.29 is 4.79 Å². The quantitative estimate of drug-likeness (QED) is 0.665. The van der Waals surface area contributed by atoms with Crippen LogP contribution in [0.1, 0.15) is 15.9 Å². The highest BCUT2D eigenvalue weighted by atomic mass is 79.9. The van der Waals surface area contributed by atoms with Crippen LogP contribution in [0.5, 0.6) is 0 Å². The first-order valence-corrected chi connectivity index (χ1v) is 7.48. The molecular weight excluding hydrogens is 380 g/mol. The lowest BCUT2D eigenvalue weighted by Gasteiger charge is -1.97. The molecule has 0 aliphatic rings. The number of carbonyl (C=O) groups is 1. The number of halogens is 2. The third kappa shape index (κ3) is 1.94. The molecule has 0 aromatic carbocycles. The number of hydrogen-bond donors (Lipinski definition) is 1. The van der Waals surface area contributed by atoms with Gasteiger partial charge >= 0.3 is 0 Å². The van der Waals surface area contributed by atoms with E-state index in [9.17, 15) is 4.79 Å². The summed E-state index contributed by atoms with van der Waals surface area (Å²) in [6.07, 6.45) is 3.40. The molecule has 18 heavy (non-hydrogen) atoms. The second-order valence-corrected chi connectivity index (χ2v) is 7.42. The maximum Gasteiger partial charge on any atom is 0.197 e. The van der Waals surface area contributed by atoms with E-state index in [2.05, 4.69) is 41.8 Å². The standard InChI is InChI=1S/C12H6Br2N2OS/c13-9-4-7(11(14)18-9)10(17)8-5-16-12-6(8)2-1-3-15-12/h1-5H,(H,15,16). The Labute approximate surface area is 124 Å². The van der Waals surface area contributed by atoms with E-state index in [1.54, 1.807) is 12.4 Å². The molecule has 0 atom stereocenters. The number of nitrogens with zero attached hydrogens (tertiary/aromatic N) is 1. The molecule has 90 valence electrons. The molecule has 3 aromatic rings. The van der Waals surface area contributed by atoms with Gasteiger partial charge in [-0.1, -0.05) is 0 Å². The minimum Gasteiger partial charge on any atom is -0.345 e. The number of nitrogens with one attached hydrogen (secondary N) is 1. The summed E-state index contributed by atoms with van der Waals surface area (Å²) in [5, 5.41) is 0.844. The van der Waals surface area contributed by atoms with Gasteiger partial charge in [0, 0.05) is 28.9 Å². The van der Waals surface area contributed by atoms with E-state index in [0.29, 0.717) is 11.1 Å². The Balaban J connectivity index is 2.15. The first kappa shape index (κ1) is 12.1. The second kappa shape index (κ2) is 4.60. The van der Waals surface area contributed by atoms with Gasteiger partial charge in [0.05, 0.1) is 7.57 Å². The predicted molar refractivity (Wildman–Crippen MR) is 79.2 cm³/mol. The van der Waals surface area contributed by atoms with Gasteiger partial charge in [-0.2, -0.15) is 0 Å². The molecule has 3 aromatic heterocycles. The van der Waals surface area contributed by atoms with Gasteiger partial charge in [-0.3, -0.25) is 4.79 Å². The van der Waals surface area contributed by atoms with Crippen LogP contribution in [0.2, 0.25) is 0 Å². The number of ketones is 1. The van der Waals surface area contributed by atoms with Crippen molar-refractivity contribution in [3.8, 4) is 0 Å². The number of H-pyrrole nitrogens is 1. The molecule has 1 N–H and O–H groups in total. The van der Waals surface area contributed by atoms with Crippen molar-refractivity contribution in [3.63, 3.8) is 0 Å². The molecule has 3 rings (SSSR count). The summed E-state index contributed by atoms with van der Waals surface area (Å²) in [5.74, 6) is -0.0110. The molecule has 0 aliphatic carbocycles. The van der Waals surface area contributed by atoms with E-state index >= 15 is 0 Å². The average Bonchev–Trinajstić information content (AvgIpc) is 2.92. The highest BCUT2D eigenvalue weighted by Crippen LogP contribution is 2.34. The summed E-state index contributed by atoms with van der Waals surface area (Å²) < 4.78 is 1.76. The van der Waals surface area contributed by atoms with Crippen LogP contribution >= 0.6 is 43.2 Å². The third-order valence-corrected chi connectivity index (χ3v) is 4.94. The highest BCUT2D eigenvalue weighted by molar-refractivity contribution is 9.12. The molecule has 0 fully saturated rings. The van der Waals surface area contributed by atoms with Crippen LogP contribution in [0, 0.1) is 0 Å². The van der Waals surface area contributed by atoms with Gasteiger partial charge in [-0.15, -0.1) is 11.3 Å². The van der Waals surface area contributed by atoms with Crippen LogP contribution in [0.25, 0.3) is 11.0 Å². The number of fused-ring (bicyclic) bond motifs is 1. The van der Waals surface area contributed by atoms with Gasteiger partial charge in [-0.25, -0.2) is 4.98 Å². The molecule has 3 heterocycles. The maximum absolute atomic E-state index is 12.5. The Bertz CT molecular complexity index is 747. The number of pyridine rings is 1. The molecule has 0 unspecified atom stereocenters. The second-order valence-electron chi connectivity index (χ2n) is 3.67. The molecule has 0 aliphatic heterocycles. The average molecular weight is 386 g/mol. The third-order valence-electron chi connectivity index (χ3n) is 2.60. The number of hydrogen-bond acceptors (Lipinski definition) is 3. The zero-order valence-corrected chi connectivity index (χ0v) is 12.9. The van der Waals surface area contributed by atoms with E-state index in [4.69, 9.17) is 0 Å². The van der Waals surface area contributed by atoms with Crippen LogP contribution in [-0.4, -0.2) is 15.8 Å². The maximum atomic E-state index is 12.5. The topological polar surface area (TPSA) is 45.8 Å². The van der Waals surface area contributed by atoms with Crippen molar-refractivity contribution in [2.75, 3.05) is 0 Å². The molecular formula is C12H6Br2N2OS. The molecule has 0 spiro atoms. The lowest BCUT2D eigenvalue weighted by Crippen LogP contribution is -1.99. The molecule has 0 saturated carbocycles. The monoisotopic (exact) mass is 384 g/mol. The van der Waals surface area contributed by atoms with Gasteiger partial charge in [0.2, 0.25) is 0 Å². The van der Waals surface area contributed by atoms with Crippen LogP contribution in [0.4, 0.5) is 0 Å². The molecule has 0 saturated heterocycles. The fourth-order valence-electron chi connectivity index (χ4n) is 1.78. The van der Waals surface area contributed by atoms with Crippen LogP contribution in [0.15, 0.2) is 38.2 Å². The van der Waals surface area contributed by atoms with E-state index in [1.165, 1.54) is 11.3 Å². The normalized spacial score (nSPS) is 11.0. The largest absolute Gasteiger partial charge is 0.345 e. The van der Waals surface area contributed by atoms with Crippen molar-refractivity contribution in [1.29, 1.82) is 0 Å².